The van der Waals surface area contributed by atoms with Crippen molar-refractivity contribution >= 4 is 28.2 Å². The van der Waals surface area contributed by atoms with Crippen LogP contribution in [0.3, 0.4) is 0 Å². The van der Waals surface area contributed by atoms with Gasteiger partial charge in [-0.1, -0.05) is 59.8 Å². The number of piperidine rings is 1. The molecular formula is C34H35N3O8S. The van der Waals surface area contributed by atoms with Crippen LogP contribution in [0.15, 0.2) is 82.7 Å². The van der Waals surface area contributed by atoms with E-state index in [1.165, 1.54) is 4.90 Å². The molecule has 1 fully saturated rings. The van der Waals surface area contributed by atoms with Crippen molar-refractivity contribution in [2.75, 3.05) is 40.2 Å². The number of benzene rings is 3. The summed E-state index contributed by atoms with van der Waals surface area (Å²) in [6.07, 6.45) is -0.705. The second-order valence-corrected chi connectivity index (χ2v) is 11.7. The Labute approximate surface area is 270 Å². The summed E-state index contributed by atoms with van der Waals surface area (Å²) in [6.45, 7) is 2.02. The van der Waals surface area contributed by atoms with Gasteiger partial charge in [0.1, 0.15) is 11.5 Å². The van der Waals surface area contributed by atoms with E-state index < -0.39 is 6.09 Å². The fourth-order valence-corrected chi connectivity index (χ4v) is 6.14. The van der Waals surface area contributed by atoms with E-state index in [0.717, 1.165) is 26.8 Å². The zero-order chi connectivity index (χ0) is 31.7. The van der Waals surface area contributed by atoms with Crippen LogP contribution in [0.5, 0.6) is 11.5 Å². The monoisotopic (exact) mass is 645 g/mol. The van der Waals surface area contributed by atoms with E-state index in [-0.39, 0.29) is 38.6 Å². The molecule has 6 rings (SSSR count). The van der Waals surface area contributed by atoms with E-state index in [0.29, 0.717) is 49.4 Å². The van der Waals surface area contributed by atoms with Crippen molar-refractivity contribution in [1.29, 1.82) is 0 Å². The first-order chi connectivity index (χ1) is 22.6. The van der Waals surface area contributed by atoms with Gasteiger partial charge in [-0.2, -0.15) is 4.98 Å². The molecular weight excluding hydrogens is 610 g/mol. The molecule has 46 heavy (non-hydrogen) atoms. The van der Waals surface area contributed by atoms with Crippen molar-refractivity contribution in [1.82, 2.24) is 15.0 Å². The van der Waals surface area contributed by atoms with Crippen molar-refractivity contribution in [2.45, 2.75) is 31.7 Å². The lowest BCUT2D eigenvalue weighted by Gasteiger charge is -2.37. The maximum Gasteiger partial charge on any atom is 0.407 e. The summed E-state index contributed by atoms with van der Waals surface area (Å²) in [5, 5.41) is 17.7. The fraction of sp³-hybridized carbons (Fsp3) is 0.324. The number of ether oxygens (including phenoxy) is 5. The molecule has 3 aromatic carbocycles. The number of thiophene rings is 1. The number of aromatic nitrogens is 2. The second-order valence-electron chi connectivity index (χ2n) is 10.8. The van der Waals surface area contributed by atoms with Crippen LogP contribution in [0.25, 0.3) is 21.5 Å². The molecule has 0 saturated carbocycles. The minimum atomic E-state index is -0.956. The molecule has 3 heterocycles. The summed E-state index contributed by atoms with van der Waals surface area (Å²) in [5.74, 6) is 2.26. The lowest BCUT2D eigenvalue weighted by atomic mass is 9.87. The Hall–Kier alpha value is -4.49. The van der Waals surface area contributed by atoms with Crippen LogP contribution in [-0.2, 0) is 27.4 Å². The molecule has 0 aliphatic carbocycles. The molecule has 0 bridgehead atoms. The number of nitrogens with zero attached hydrogens (tertiary/aromatic N) is 3. The number of hydrogen-bond acceptors (Lipinski definition) is 10. The van der Waals surface area contributed by atoms with Crippen LogP contribution in [0.4, 0.5) is 4.79 Å². The van der Waals surface area contributed by atoms with E-state index >= 15 is 0 Å². The normalized spacial score (nSPS) is 16.5. The van der Waals surface area contributed by atoms with E-state index in [1.54, 1.807) is 18.4 Å². The molecule has 1 amide bonds. The van der Waals surface area contributed by atoms with E-state index in [9.17, 15) is 9.90 Å². The first kappa shape index (κ1) is 31.5. The Balaban J connectivity index is 1.14. The first-order valence-electron chi connectivity index (χ1n) is 15.0. The summed E-state index contributed by atoms with van der Waals surface area (Å²) in [7, 11) is 1.62. The summed E-state index contributed by atoms with van der Waals surface area (Å²) in [5.41, 5.74) is 1.90. The van der Waals surface area contributed by atoms with Gasteiger partial charge in [0.25, 0.3) is 5.89 Å². The van der Waals surface area contributed by atoms with Crippen LogP contribution in [0, 0.1) is 0 Å². The molecule has 0 spiro atoms. The Bertz CT molecular complexity index is 1710. The van der Waals surface area contributed by atoms with E-state index in [4.69, 9.17) is 28.2 Å². The Morgan fingerprint density at radius 2 is 1.89 bits per heavy atom. The third kappa shape index (κ3) is 7.65. The van der Waals surface area contributed by atoms with Crippen molar-refractivity contribution in [2.24, 2.45) is 0 Å². The van der Waals surface area contributed by atoms with Gasteiger partial charge >= 0.3 is 6.09 Å². The number of methoxy groups -OCH3 is 1. The molecule has 2 unspecified atom stereocenters. The Kier molecular flexibility index (Phi) is 10.4. The summed E-state index contributed by atoms with van der Waals surface area (Å²) < 4.78 is 34.5. The van der Waals surface area contributed by atoms with Gasteiger partial charge in [0.15, 0.2) is 13.4 Å². The predicted molar refractivity (Wildman–Crippen MR) is 171 cm³/mol. The van der Waals surface area contributed by atoms with Crippen LogP contribution in [-0.4, -0.2) is 72.6 Å². The van der Waals surface area contributed by atoms with Gasteiger partial charge in [-0.25, -0.2) is 4.79 Å². The molecule has 1 aliphatic heterocycles. The molecule has 2 atom stereocenters. The lowest BCUT2D eigenvalue weighted by molar-refractivity contribution is -0.0247. The lowest BCUT2D eigenvalue weighted by Crippen LogP contribution is -2.46. The number of carbonyl (C=O) groups is 1. The number of rotatable bonds is 14. The van der Waals surface area contributed by atoms with Crippen LogP contribution < -0.4 is 9.47 Å². The highest BCUT2D eigenvalue weighted by Gasteiger charge is 2.33. The molecule has 1 saturated heterocycles. The van der Waals surface area contributed by atoms with Gasteiger partial charge in [0.2, 0.25) is 5.82 Å². The zero-order valence-corrected chi connectivity index (χ0v) is 26.2. The third-order valence-electron chi connectivity index (χ3n) is 7.84. The smallest absolute Gasteiger partial charge is 0.407 e. The van der Waals surface area contributed by atoms with Crippen molar-refractivity contribution in [3.05, 3.63) is 95.2 Å². The SMILES string of the molecule is COCCOCOc1c(COC2CN(C(=O)O)CCC2c2ccc(OCc3nc(-c4cccs4)no3)cc2)ccc2ccccc12. The summed E-state index contributed by atoms with van der Waals surface area (Å²) >= 11 is 1.54. The van der Waals surface area contributed by atoms with Crippen molar-refractivity contribution < 1.29 is 38.1 Å². The summed E-state index contributed by atoms with van der Waals surface area (Å²) in [4.78, 5) is 18.7. The van der Waals surface area contributed by atoms with E-state index in [1.807, 2.05) is 78.2 Å². The number of amides is 1. The first-order valence-corrected chi connectivity index (χ1v) is 15.9. The molecule has 12 heteroatoms. The van der Waals surface area contributed by atoms with Crippen molar-refractivity contribution in [3.63, 3.8) is 0 Å². The topological polar surface area (TPSA) is 126 Å². The minimum absolute atomic E-state index is 0.0175. The number of likely N-dealkylation sites (tertiary alicyclic amines) is 1. The Morgan fingerprint density at radius 3 is 2.70 bits per heavy atom. The number of fused-ring (bicyclic) bond motifs is 1. The molecule has 240 valence electrons. The molecule has 1 N–H and O–H groups in total. The number of carboxylic acid groups (broad SMARTS) is 1. The van der Waals surface area contributed by atoms with Crippen molar-refractivity contribution in [3.8, 4) is 22.2 Å². The van der Waals surface area contributed by atoms with Gasteiger partial charge in [-0.15, -0.1) is 11.3 Å². The molecule has 1 aliphatic rings. The zero-order valence-electron chi connectivity index (χ0n) is 25.4. The van der Waals surface area contributed by atoms with Gasteiger partial charge < -0.3 is 38.2 Å². The molecule has 11 nitrogen and oxygen atoms in total. The quantitative estimate of drug-likeness (QED) is 0.105. The average Bonchev–Trinajstić information content (AvgIpc) is 3.80. The number of hydrogen-bond donors (Lipinski definition) is 1. The average molecular weight is 646 g/mol. The highest BCUT2D eigenvalue weighted by molar-refractivity contribution is 7.13. The van der Waals surface area contributed by atoms with Crippen LogP contribution in [0.2, 0.25) is 0 Å². The third-order valence-corrected chi connectivity index (χ3v) is 8.71. The van der Waals surface area contributed by atoms with Gasteiger partial charge in [0.05, 0.1) is 37.3 Å². The van der Waals surface area contributed by atoms with Crippen LogP contribution in [0.1, 0.15) is 29.4 Å². The molecule has 2 aromatic heterocycles. The van der Waals surface area contributed by atoms with E-state index in [2.05, 4.69) is 10.1 Å². The Morgan fingerprint density at radius 1 is 1.02 bits per heavy atom. The maximum absolute atomic E-state index is 11.9. The highest BCUT2D eigenvalue weighted by atomic mass is 32.1. The molecule has 0 radical (unpaired) electrons. The van der Waals surface area contributed by atoms with Gasteiger partial charge in [-0.05, 0) is 40.9 Å². The summed E-state index contributed by atoms with van der Waals surface area (Å²) in [6, 6.07) is 23.7. The highest BCUT2D eigenvalue weighted by Crippen LogP contribution is 2.35. The molecule has 5 aromatic rings. The minimum Gasteiger partial charge on any atom is -0.484 e. The van der Waals surface area contributed by atoms with Gasteiger partial charge in [0, 0.05) is 30.5 Å². The largest absolute Gasteiger partial charge is 0.484 e. The standard InChI is InChI=1S/C34H35N3O8S/c1-40-16-17-41-22-44-32-25(9-8-23-5-2-3-6-28(23)32)20-43-29-19-37(34(38)39)15-14-27(29)24-10-12-26(13-11-24)42-21-31-35-33(36-45-31)30-7-4-18-46-30/h2-13,18,27,29H,14-17,19-22H2,1H3,(H,38,39). The second kappa shape index (κ2) is 15.2. The fourth-order valence-electron chi connectivity index (χ4n) is 5.49. The van der Waals surface area contributed by atoms with Gasteiger partial charge in [-0.3, -0.25) is 0 Å². The van der Waals surface area contributed by atoms with Crippen LogP contribution >= 0.6 is 11.3 Å². The predicted octanol–water partition coefficient (Wildman–Crippen LogP) is 6.58. The maximum atomic E-state index is 11.9.